The molecule has 1 heterocycles. The van der Waals surface area contributed by atoms with Gasteiger partial charge in [-0.05, 0) is 12.0 Å². The number of carbonyl (C=O) groups excluding carboxylic acids is 1. The molecule has 0 atom stereocenters. The quantitative estimate of drug-likeness (QED) is 0.819. The van der Waals surface area contributed by atoms with E-state index in [1.165, 1.54) is 7.11 Å². The first kappa shape index (κ1) is 14.2. The van der Waals surface area contributed by atoms with Crippen LogP contribution in [0.1, 0.15) is 24.6 Å². The lowest BCUT2D eigenvalue weighted by Gasteiger charge is -1.94. The molecule has 106 valence electrons. The lowest BCUT2D eigenvalue weighted by atomic mass is 10.2. The Labute approximate surface area is 116 Å². The van der Waals surface area contributed by atoms with Crippen molar-refractivity contribution in [2.75, 3.05) is 13.7 Å². The zero-order valence-corrected chi connectivity index (χ0v) is 11.2. The number of hydrogen-bond donors (Lipinski definition) is 1. The second kappa shape index (κ2) is 6.81. The van der Waals surface area contributed by atoms with Crippen LogP contribution < -0.4 is 0 Å². The van der Waals surface area contributed by atoms with Gasteiger partial charge in [0.2, 0.25) is 11.7 Å². The zero-order valence-electron chi connectivity index (χ0n) is 11.2. The predicted molar refractivity (Wildman–Crippen MR) is 71.5 cm³/mol. The number of aromatic nitrogens is 2. The summed E-state index contributed by atoms with van der Waals surface area (Å²) in [6.45, 7) is 0.0325. The van der Waals surface area contributed by atoms with Gasteiger partial charge in [-0.15, -0.1) is 0 Å². The van der Waals surface area contributed by atoms with E-state index in [-0.39, 0.29) is 19.0 Å². The molecule has 1 aromatic heterocycles. The van der Waals surface area contributed by atoms with Gasteiger partial charge in [-0.25, -0.2) is 0 Å². The van der Waals surface area contributed by atoms with Crippen molar-refractivity contribution in [1.82, 2.24) is 10.1 Å². The molecule has 0 saturated heterocycles. The first-order chi connectivity index (χ1) is 9.72. The Morgan fingerprint density at radius 3 is 3.10 bits per heavy atom. The van der Waals surface area contributed by atoms with Gasteiger partial charge in [0, 0.05) is 12.0 Å². The average molecular weight is 276 g/mol. The number of ether oxygens (including phenoxy) is 1. The number of nitrogens with zero attached hydrogens (tertiary/aromatic N) is 2. The maximum atomic E-state index is 11.0. The van der Waals surface area contributed by atoms with E-state index in [0.717, 1.165) is 11.1 Å². The van der Waals surface area contributed by atoms with Crippen molar-refractivity contribution in [2.45, 2.75) is 19.3 Å². The first-order valence-corrected chi connectivity index (χ1v) is 6.30. The Bertz CT molecular complexity index is 569. The second-order valence-corrected chi connectivity index (χ2v) is 4.30. The molecule has 0 saturated carbocycles. The third-order valence-electron chi connectivity index (χ3n) is 2.88. The van der Waals surface area contributed by atoms with E-state index in [9.17, 15) is 4.79 Å². The number of carbonyl (C=O) groups is 1. The van der Waals surface area contributed by atoms with Crippen molar-refractivity contribution < 1.29 is 19.2 Å². The Kier molecular flexibility index (Phi) is 4.84. The fourth-order valence-corrected chi connectivity index (χ4v) is 1.72. The molecule has 6 heteroatoms. The minimum atomic E-state index is -0.311. The van der Waals surface area contributed by atoms with E-state index in [1.54, 1.807) is 0 Å². The standard InChI is InChI=1S/C14H16N2O4/c1-19-13(18)8-7-12-15-14(16-20-12)11-4-2-3-10(9-17)5-6-11/h2,4-6,17H,3,7-9H2,1H3. The van der Waals surface area contributed by atoms with Crippen molar-refractivity contribution >= 4 is 11.5 Å². The molecule has 1 aliphatic rings. The molecular weight excluding hydrogens is 260 g/mol. The molecule has 0 fully saturated rings. The summed E-state index contributed by atoms with van der Waals surface area (Å²) in [7, 11) is 1.34. The summed E-state index contributed by atoms with van der Waals surface area (Å²) in [5.41, 5.74) is 1.73. The van der Waals surface area contributed by atoms with Crippen LogP contribution in [0.5, 0.6) is 0 Å². The molecule has 0 radical (unpaired) electrons. The molecule has 0 bridgehead atoms. The highest BCUT2D eigenvalue weighted by atomic mass is 16.5. The number of methoxy groups -OCH3 is 1. The van der Waals surface area contributed by atoms with Gasteiger partial charge < -0.3 is 14.4 Å². The topological polar surface area (TPSA) is 85.5 Å². The highest BCUT2D eigenvalue weighted by Gasteiger charge is 2.11. The minimum Gasteiger partial charge on any atom is -0.469 e. The van der Waals surface area contributed by atoms with Crippen LogP contribution in [0, 0.1) is 0 Å². The number of aryl methyl sites for hydroxylation is 1. The Hall–Kier alpha value is -2.21. The van der Waals surface area contributed by atoms with Gasteiger partial charge in [0.1, 0.15) is 0 Å². The van der Waals surface area contributed by atoms with Crippen LogP contribution in [0.15, 0.2) is 34.4 Å². The average Bonchev–Trinajstić information content (AvgIpc) is 2.81. The monoisotopic (exact) mass is 276 g/mol. The second-order valence-electron chi connectivity index (χ2n) is 4.30. The number of aliphatic hydroxyl groups is 1. The number of rotatable bonds is 5. The molecule has 0 amide bonds. The highest BCUT2D eigenvalue weighted by Crippen LogP contribution is 2.18. The van der Waals surface area contributed by atoms with Crippen molar-refractivity contribution in [3.05, 3.63) is 41.6 Å². The van der Waals surface area contributed by atoms with Gasteiger partial charge >= 0.3 is 5.97 Å². The van der Waals surface area contributed by atoms with Gasteiger partial charge in [0.05, 0.1) is 20.1 Å². The van der Waals surface area contributed by atoms with E-state index in [1.807, 2.05) is 24.3 Å². The van der Waals surface area contributed by atoms with Crippen LogP contribution in [0.3, 0.4) is 0 Å². The Morgan fingerprint density at radius 2 is 2.35 bits per heavy atom. The van der Waals surface area contributed by atoms with E-state index in [2.05, 4.69) is 14.9 Å². The molecule has 0 aliphatic heterocycles. The van der Waals surface area contributed by atoms with Gasteiger partial charge in [-0.1, -0.05) is 29.5 Å². The molecule has 1 N–H and O–H groups in total. The molecule has 1 aliphatic carbocycles. The zero-order chi connectivity index (χ0) is 14.4. The van der Waals surface area contributed by atoms with Gasteiger partial charge in [0.15, 0.2) is 0 Å². The van der Waals surface area contributed by atoms with Crippen LogP contribution in [-0.2, 0) is 16.0 Å². The van der Waals surface area contributed by atoms with Gasteiger partial charge in [-0.3, -0.25) is 4.79 Å². The molecule has 2 rings (SSSR count). The maximum Gasteiger partial charge on any atom is 0.306 e. The van der Waals surface area contributed by atoms with E-state index in [4.69, 9.17) is 9.63 Å². The maximum absolute atomic E-state index is 11.0. The van der Waals surface area contributed by atoms with Crippen molar-refractivity contribution in [3.63, 3.8) is 0 Å². The van der Waals surface area contributed by atoms with E-state index >= 15 is 0 Å². The molecule has 0 aromatic carbocycles. The smallest absolute Gasteiger partial charge is 0.306 e. The summed E-state index contributed by atoms with van der Waals surface area (Å²) < 4.78 is 9.65. The highest BCUT2D eigenvalue weighted by molar-refractivity contribution is 5.71. The van der Waals surface area contributed by atoms with Crippen LogP contribution in [-0.4, -0.2) is 34.9 Å². The fourth-order valence-electron chi connectivity index (χ4n) is 1.72. The lowest BCUT2D eigenvalue weighted by molar-refractivity contribution is -0.140. The SMILES string of the molecule is COC(=O)CCc1nc(C2=CC=C(CO)CC=C2)no1. The van der Waals surface area contributed by atoms with Crippen LogP contribution in [0.2, 0.25) is 0 Å². The number of hydrogen-bond acceptors (Lipinski definition) is 6. The molecule has 6 nitrogen and oxygen atoms in total. The van der Waals surface area contributed by atoms with E-state index in [0.29, 0.717) is 24.6 Å². The number of aliphatic hydroxyl groups excluding tert-OH is 1. The number of allylic oxidation sites excluding steroid dienone is 5. The lowest BCUT2D eigenvalue weighted by Crippen LogP contribution is -2.02. The summed E-state index contributed by atoms with van der Waals surface area (Å²) in [5.74, 6) is 0.556. The van der Waals surface area contributed by atoms with Crippen LogP contribution in [0.25, 0.3) is 5.57 Å². The summed E-state index contributed by atoms with van der Waals surface area (Å²) in [6.07, 6.45) is 8.77. The first-order valence-electron chi connectivity index (χ1n) is 6.30. The normalized spacial score (nSPS) is 14.5. The summed E-state index contributed by atoms with van der Waals surface area (Å²) in [6, 6.07) is 0. The fraction of sp³-hybridized carbons (Fsp3) is 0.357. The molecule has 1 aromatic rings. The van der Waals surface area contributed by atoms with Crippen molar-refractivity contribution in [3.8, 4) is 0 Å². The van der Waals surface area contributed by atoms with Crippen LogP contribution >= 0.6 is 0 Å². The van der Waals surface area contributed by atoms with Crippen LogP contribution in [0.4, 0.5) is 0 Å². The number of esters is 1. The van der Waals surface area contributed by atoms with E-state index < -0.39 is 0 Å². The molecule has 0 unspecified atom stereocenters. The molecule has 0 spiro atoms. The summed E-state index contributed by atoms with van der Waals surface area (Å²) >= 11 is 0. The molecule has 20 heavy (non-hydrogen) atoms. The Balaban J connectivity index is 2.07. The van der Waals surface area contributed by atoms with Crippen molar-refractivity contribution in [1.29, 1.82) is 0 Å². The third-order valence-corrected chi connectivity index (χ3v) is 2.88. The summed E-state index contributed by atoms with van der Waals surface area (Å²) in [4.78, 5) is 15.3. The minimum absolute atomic E-state index is 0.0325. The largest absolute Gasteiger partial charge is 0.469 e. The predicted octanol–water partition coefficient (Wildman–Crippen LogP) is 1.44. The van der Waals surface area contributed by atoms with Crippen molar-refractivity contribution in [2.24, 2.45) is 0 Å². The third kappa shape index (κ3) is 3.64. The Morgan fingerprint density at radius 1 is 1.50 bits per heavy atom. The van der Waals surface area contributed by atoms with Gasteiger partial charge in [0.25, 0.3) is 0 Å². The molecular formula is C14H16N2O4. The van der Waals surface area contributed by atoms with Gasteiger partial charge in [-0.2, -0.15) is 4.98 Å². The summed E-state index contributed by atoms with van der Waals surface area (Å²) in [5, 5.41) is 13.0.